The standard InChI is InChI=1S/C13H17FN2O/c1-9(17)16-12-6-7-15-13(8-12)10-2-4-11(14)5-3-10/h2-5,12-13,15H,6-8H2,1H3,(H,16,17). The fourth-order valence-electron chi connectivity index (χ4n) is 2.29. The summed E-state index contributed by atoms with van der Waals surface area (Å²) in [6.07, 6.45) is 1.79. The van der Waals surface area contributed by atoms with Gasteiger partial charge in [0.1, 0.15) is 5.82 Å². The molecule has 1 heterocycles. The van der Waals surface area contributed by atoms with E-state index in [1.54, 1.807) is 12.1 Å². The normalized spacial score (nSPS) is 24.4. The Labute approximate surface area is 100 Å². The van der Waals surface area contributed by atoms with Crippen LogP contribution in [0, 0.1) is 5.82 Å². The van der Waals surface area contributed by atoms with Gasteiger partial charge < -0.3 is 10.6 Å². The lowest BCUT2D eigenvalue weighted by atomic mass is 9.94. The molecular formula is C13H17FN2O. The number of carbonyl (C=O) groups excluding carboxylic acids is 1. The second-order valence-electron chi connectivity index (χ2n) is 4.48. The van der Waals surface area contributed by atoms with Crippen LogP contribution < -0.4 is 10.6 Å². The number of halogens is 1. The molecule has 1 saturated heterocycles. The average Bonchev–Trinajstić information content (AvgIpc) is 2.29. The summed E-state index contributed by atoms with van der Waals surface area (Å²) >= 11 is 0. The third-order valence-electron chi connectivity index (χ3n) is 3.08. The van der Waals surface area contributed by atoms with Crippen molar-refractivity contribution in [1.82, 2.24) is 10.6 Å². The molecule has 1 aromatic rings. The number of nitrogens with one attached hydrogen (secondary N) is 2. The number of rotatable bonds is 2. The van der Waals surface area contributed by atoms with Crippen LogP contribution in [0.3, 0.4) is 0 Å². The number of carbonyl (C=O) groups is 1. The van der Waals surface area contributed by atoms with Gasteiger partial charge in [0, 0.05) is 19.0 Å². The molecule has 0 aliphatic carbocycles. The van der Waals surface area contributed by atoms with E-state index in [4.69, 9.17) is 0 Å². The van der Waals surface area contributed by atoms with Crippen LogP contribution in [0.15, 0.2) is 24.3 Å². The minimum Gasteiger partial charge on any atom is -0.353 e. The molecular weight excluding hydrogens is 219 g/mol. The van der Waals surface area contributed by atoms with Crippen molar-refractivity contribution in [2.24, 2.45) is 0 Å². The molecule has 1 aromatic carbocycles. The predicted octanol–water partition coefficient (Wildman–Crippen LogP) is 1.75. The summed E-state index contributed by atoms with van der Waals surface area (Å²) in [5.74, 6) is -0.210. The minimum atomic E-state index is -0.219. The molecule has 1 aliphatic heterocycles. The monoisotopic (exact) mass is 236 g/mol. The SMILES string of the molecule is CC(=O)NC1CCNC(c2ccc(F)cc2)C1. The molecule has 1 amide bonds. The van der Waals surface area contributed by atoms with Crippen molar-refractivity contribution in [2.45, 2.75) is 31.8 Å². The minimum absolute atomic E-state index is 0.00903. The smallest absolute Gasteiger partial charge is 0.217 e. The van der Waals surface area contributed by atoms with Crippen molar-refractivity contribution < 1.29 is 9.18 Å². The molecule has 17 heavy (non-hydrogen) atoms. The first-order valence-corrected chi connectivity index (χ1v) is 5.91. The summed E-state index contributed by atoms with van der Waals surface area (Å²) < 4.78 is 12.8. The van der Waals surface area contributed by atoms with Gasteiger partial charge in [0.2, 0.25) is 5.91 Å². The fourth-order valence-corrected chi connectivity index (χ4v) is 2.29. The molecule has 0 spiro atoms. The highest BCUT2D eigenvalue weighted by molar-refractivity contribution is 5.73. The Balaban J connectivity index is 2.01. The molecule has 0 radical (unpaired) electrons. The summed E-state index contributed by atoms with van der Waals surface area (Å²) in [7, 11) is 0. The first-order valence-electron chi connectivity index (χ1n) is 5.91. The quantitative estimate of drug-likeness (QED) is 0.821. The molecule has 1 aliphatic rings. The molecule has 4 heteroatoms. The summed E-state index contributed by atoms with van der Waals surface area (Å²) in [6.45, 7) is 2.40. The summed E-state index contributed by atoms with van der Waals surface area (Å²) in [4.78, 5) is 11.0. The van der Waals surface area contributed by atoms with Gasteiger partial charge in [-0.15, -0.1) is 0 Å². The molecule has 0 saturated carbocycles. The van der Waals surface area contributed by atoms with E-state index in [1.165, 1.54) is 19.1 Å². The number of piperidine rings is 1. The largest absolute Gasteiger partial charge is 0.353 e. The molecule has 2 atom stereocenters. The Morgan fingerprint density at radius 1 is 1.41 bits per heavy atom. The van der Waals surface area contributed by atoms with Gasteiger partial charge in [-0.1, -0.05) is 12.1 Å². The van der Waals surface area contributed by atoms with Crippen LogP contribution in [-0.2, 0) is 4.79 Å². The molecule has 2 rings (SSSR count). The summed E-state index contributed by atoms with van der Waals surface area (Å²) in [5.41, 5.74) is 1.07. The average molecular weight is 236 g/mol. The Morgan fingerprint density at radius 3 is 2.76 bits per heavy atom. The maximum absolute atomic E-state index is 12.8. The Bertz CT molecular complexity index is 391. The molecule has 92 valence electrons. The van der Waals surface area contributed by atoms with Crippen LogP contribution in [0.2, 0.25) is 0 Å². The van der Waals surface area contributed by atoms with E-state index in [1.807, 2.05) is 0 Å². The van der Waals surface area contributed by atoms with Crippen molar-refractivity contribution in [3.8, 4) is 0 Å². The zero-order valence-corrected chi connectivity index (χ0v) is 9.87. The van der Waals surface area contributed by atoms with E-state index in [0.717, 1.165) is 24.9 Å². The number of amides is 1. The lowest BCUT2D eigenvalue weighted by Crippen LogP contribution is -2.43. The molecule has 0 bridgehead atoms. The molecule has 3 nitrogen and oxygen atoms in total. The lowest BCUT2D eigenvalue weighted by Gasteiger charge is -2.31. The molecule has 0 aromatic heterocycles. The zero-order chi connectivity index (χ0) is 12.3. The highest BCUT2D eigenvalue weighted by Gasteiger charge is 2.22. The van der Waals surface area contributed by atoms with Gasteiger partial charge in [-0.05, 0) is 37.1 Å². The Morgan fingerprint density at radius 2 is 2.12 bits per heavy atom. The maximum Gasteiger partial charge on any atom is 0.217 e. The predicted molar refractivity (Wildman–Crippen MR) is 64.0 cm³/mol. The van der Waals surface area contributed by atoms with Crippen molar-refractivity contribution in [3.63, 3.8) is 0 Å². The topological polar surface area (TPSA) is 41.1 Å². The third kappa shape index (κ3) is 3.27. The molecule has 2 unspecified atom stereocenters. The second-order valence-corrected chi connectivity index (χ2v) is 4.48. The molecule has 2 N–H and O–H groups in total. The Kier molecular flexibility index (Phi) is 3.74. The zero-order valence-electron chi connectivity index (χ0n) is 9.87. The van der Waals surface area contributed by atoms with E-state index in [-0.39, 0.29) is 23.8 Å². The van der Waals surface area contributed by atoms with Crippen molar-refractivity contribution >= 4 is 5.91 Å². The van der Waals surface area contributed by atoms with Gasteiger partial charge in [-0.2, -0.15) is 0 Å². The van der Waals surface area contributed by atoms with Crippen molar-refractivity contribution in [1.29, 1.82) is 0 Å². The van der Waals surface area contributed by atoms with Crippen LogP contribution >= 0.6 is 0 Å². The van der Waals surface area contributed by atoms with Crippen LogP contribution in [0.1, 0.15) is 31.4 Å². The van der Waals surface area contributed by atoms with E-state index < -0.39 is 0 Å². The van der Waals surface area contributed by atoms with Crippen LogP contribution in [0.4, 0.5) is 4.39 Å². The van der Waals surface area contributed by atoms with Crippen molar-refractivity contribution in [3.05, 3.63) is 35.6 Å². The van der Waals surface area contributed by atoms with Gasteiger partial charge in [-0.25, -0.2) is 4.39 Å². The van der Waals surface area contributed by atoms with Crippen LogP contribution in [0.25, 0.3) is 0 Å². The van der Waals surface area contributed by atoms with Gasteiger partial charge in [0.15, 0.2) is 0 Å². The van der Waals surface area contributed by atoms with Crippen LogP contribution in [0.5, 0.6) is 0 Å². The van der Waals surface area contributed by atoms with Gasteiger partial charge in [0.05, 0.1) is 0 Å². The summed E-state index contributed by atoms with van der Waals surface area (Å²) in [6, 6.07) is 6.94. The number of benzene rings is 1. The summed E-state index contributed by atoms with van der Waals surface area (Å²) in [5, 5.41) is 6.32. The first kappa shape index (κ1) is 12.0. The third-order valence-corrected chi connectivity index (χ3v) is 3.08. The van der Waals surface area contributed by atoms with E-state index >= 15 is 0 Å². The van der Waals surface area contributed by atoms with E-state index in [0.29, 0.717) is 0 Å². The van der Waals surface area contributed by atoms with Gasteiger partial charge >= 0.3 is 0 Å². The van der Waals surface area contributed by atoms with E-state index in [2.05, 4.69) is 10.6 Å². The fraction of sp³-hybridized carbons (Fsp3) is 0.462. The van der Waals surface area contributed by atoms with Gasteiger partial charge in [0.25, 0.3) is 0 Å². The highest BCUT2D eigenvalue weighted by atomic mass is 19.1. The molecule has 1 fully saturated rings. The maximum atomic E-state index is 12.8. The number of hydrogen-bond donors (Lipinski definition) is 2. The number of hydrogen-bond acceptors (Lipinski definition) is 2. The van der Waals surface area contributed by atoms with Crippen LogP contribution in [-0.4, -0.2) is 18.5 Å². The first-order chi connectivity index (χ1) is 8.15. The lowest BCUT2D eigenvalue weighted by molar-refractivity contribution is -0.119. The second kappa shape index (κ2) is 5.27. The Hall–Kier alpha value is -1.42. The van der Waals surface area contributed by atoms with Gasteiger partial charge in [-0.3, -0.25) is 4.79 Å². The highest BCUT2D eigenvalue weighted by Crippen LogP contribution is 2.23. The van der Waals surface area contributed by atoms with Crippen molar-refractivity contribution in [2.75, 3.05) is 6.54 Å². The van der Waals surface area contributed by atoms with E-state index in [9.17, 15) is 9.18 Å².